The fraction of sp³-hybridized carbons (Fsp3) is 0.158. The van der Waals surface area contributed by atoms with Gasteiger partial charge in [0.25, 0.3) is 0 Å². The van der Waals surface area contributed by atoms with Gasteiger partial charge in [-0.3, -0.25) is 39.0 Å². The molecule has 0 spiro atoms. The van der Waals surface area contributed by atoms with E-state index in [2.05, 4.69) is 45.2 Å². The molecule has 0 aromatic carbocycles. The average molecular weight is 891 g/mol. The number of methoxy groups -OCH3 is 2. The van der Waals surface area contributed by atoms with Crippen molar-refractivity contribution < 1.29 is 36.9 Å². The van der Waals surface area contributed by atoms with E-state index < -0.39 is 39.0 Å². The number of halogens is 5. The largest absolute Gasteiger partial charge is 0.383 e. The first-order valence-corrected chi connectivity index (χ1v) is 18.3. The highest BCUT2D eigenvalue weighted by molar-refractivity contribution is 6.31. The van der Waals surface area contributed by atoms with Crippen molar-refractivity contribution in [2.75, 3.05) is 32.8 Å². The van der Waals surface area contributed by atoms with Crippen LogP contribution in [0, 0.1) is 43.5 Å². The lowest BCUT2D eigenvalue weighted by Crippen LogP contribution is -2.19. The molecule has 324 valence electrons. The maximum Gasteiger partial charge on any atom is 0.329 e. The van der Waals surface area contributed by atoms with Crippen LogP contribution >= 0.6 is 11.6 Å². The third kappa shape index (κ3) is 11.0. The molecule has 8 heterocycles. The topological polar surface area (TPSA) is 255 Å². The summed E-state index contributed by atoms with van der Waals surface area (Å²) >= 11 is 5.73. The highest BCUT2D eigenvalue weighted by Gasteiger charge is 2.24. The molecule has 0 amide bonds. The van der Waals surface area contributed by atoms with E-state index in [1.165, 1.54) is 83.2 Å². The lowest BCUT2D eigenvalue weighted by Gasteiger charge is -2.18. The molecule has 25 heteroatoms. The van der Waals surface area contributed by atoms with E-state index in [9.17, 15) is 37.8 Å². The molecule has 0 aliphatic heterocycles. The predicted molar refractivity (Wildman–Crippen MR) is 216 cm³/mol. The summed E-state index contributed by atoms with van der Waals surface area (Å²) < 4.78 is 65.5. The Labute approximate surface area is 356 Å². The van der Waals surface area contributed by atoms with Crippen LogP contribution in [0.3, 0.4) is 0 Å². The van der Waals surface area contributed by atoms with Gasteiger partial charge in [-0.2, -0.15) is 0 Å². The number of hydrogen-bond donors (Lipinski definition) is 2. The molecule has 0 fully saturated rings. The minimum Gasteiger partial charge on any atom is -0.383 e. The van der Waals surface area contributed by atoms with Gasteiger partial charge in [0, 0.05) is 26.6 Å². The number of imidazole rings is 2. The van der Waals surface area contributed by atoms with Crippen LogP contribution < -0.4 is 11.1 Å². The third-order valence-electron chi connectivity index (χ3n) is 8.51. The number of aromatic nitrogens is 10. The summed E-state index contributed by atoms with van der Waals surface area (Å²) in [6.07, 6.45) is 9.54. The second-order valence-electron chi connectivity index (χ2n) is 12.8. The van der Waals surface area contributed by atoms with Gasteiger partial charge in [-0.15, -0.1) is 0 Å². The first-order valence-electron chi connectivity index (χ1n) is 17.9. The molecular weight excluding hydrogens is 860 g/mol. The van der Waals surface area contributed by atoms with Crippen LogP contribution in [0.5, 0.6) is 0 Å². The fourth-order valence-electron chi connectivity index (χ4n) is 5.58. The van der Waals surface area contributed by atoms with Gasteiger partial charge in [-0.25, -0.2) is 47.5 Å². The van der Waals surface area contributed by atoms with Gasteiger partial charge >= 0.3 is 11.4 Å². The van der Waals surface area contributed by atoms with E-state index in [0.29, 0.717) is 40.7 Å². The molecule has 63 heavy (non-hydrogen) atoms. The van der Waals surface area contributed by atoms with Gasteiger partial charge < -0.3 is 20.5 Å². The van der Waals surface area contributed by atoms with Crippen LogP contribution in [0.25, 0.3) is 34.3 Å². The molecule has 0 saturated carbocycles. The second-order valence-corrected chi connectivity index (χ2v) is 13.1. The molecule has 0 radical (unpaired) electrons. The SMILES string of the molecule is COCC(N)c1ccc(F)cn1.COCC(Nc1nc(-c2cnc3ccc(F)cn23)ncc1[N+](=O)[O-])c1ccc(F)cn1.O=[N+]([O-])c1cnc(-c2cnc3ccc(F)cn23)nc1Cl. The molecule has 2 unspecified atom stereocenters. The molecule has 8 rings (SSSR count). The molecule has 0 aliphatic carbocycles. The Balaban J connectivity index is 0.000000176. The summed E-state index contributed by atoms with van der Waals surface area (Å²) in [5, 5.41) is 24.8. The van der Waals surface area contributed by atoms with E-state index in [4.69, 9.17) is 26.8 Å². The van der Waals surface area contributed by atoms with Crippen molar-refractivity contribution in [2.24, 2.45) is 5.73 Å². The minimum atomic E-state index is -0.680. The minimum absolute atomic E-state index is 0.0793. The summed E-state index contributed by atoms with van der Waals surface area (Å²) in [5.41, 5.74) is 7.59. The molecule has 8 aromatic rings. The highest BCUT2D eigenvalue weighted by Crippen LogP contribution is 2.29. The molecule has 3 N–H and O–H groups in total. The van der Waals surface area contributed by atoms with Crippen LogP contribution in [0.15, 0.2) is 98.1 Å². The Bertz CT molecular complexity index is 2870. The highest BCUT2D eigenvalue weighted by atomic mass is 35.5. The Morgan fingerprint density at radius 3 is 1.62 bits per heavy atom. The van der Waals surface area contributed by atoms with Crippen molar-refractivity contribution in [3.8, 4) is 23.0 Å². The third-order valence-corrected chi connectivity index (χ3v) is 8.79. The second kappa shape index (κ2) is 20.3. The zero-order valence-electron chi connectivity index (χ0n) is 32.6. The quantitative estimate of drug-likeness (QED) is 0.0572. The Kier molecular flexibility index (Phi) is 14.4. The van der Waals surface area contributed by atoms with E-state index >= 15 is 0 Å². The number of anilines is 1. The molecule has 20 nitrogen and oxygen atoms in total. The fourth-order valence-corrected chi connectivity index (χ4v) is 5.77. The molecule has 0 saturated heterocycles. The predicted octanol–water partition coefficient (Wildman–Crippen LogP) is 6.53. The lowest BCUT2D eigenvalue weighted by atomic mass is 10.2. The Morgan fingerprint density at radius 1 is 0.651 bits per heavy atom. The van der Waals surface area contributed by atoms with Crippen LogP contribution in [-0.2, 0) is 9.47 Å². The van der Waals surface area contributed by atoms with E-state index in [0.717, 1.165) is 24.8 Å². The van der Waals surface area contributed by atoms with Crippen molar-refractivity contribution in [1.82, 2.24) is 48.7 Å². The molecule has 8 aromatic heterocycles. The molecule has 0 aliphatic rings. The number of fused-ring (bicyclic) bond motifs is 2. The summed E-state index contributed by atoms with van der Waals surface area (Å²) in [4.78, 5) is 52.9. The first-order chi connectivity index (χ1) is 30.3. The zero-order chi connectivity index (χ0) is 45.2. The van der Waals surface area contributed by atoms with Crippen molar-refractivity contribution >= 4 is 40.1 Å². The summed E-state index contributed by atoms with van der Waals surface area (Å²) in [6.45, 7) is 0.467. The maximum absolute atomic E-state index is 13.7. The van der Waals surface area contributed by atoms with Crippen molar-refractivity contribution in [3.05, 3.63) is 158 Å². The maximum atomic E-state index is 13.7. The zero-order valence-corrected chi connectivity index (χ0v) is 33.3. The first kappa shape index (κ1) is 44.9. The number of ether oxygens (including phenoxy) is 2. The molecular formula is C38H31ClF4N14O6. The van der Waals surface area contributed by atoms with Crippen LogP contribution in [0.2, 0.25) is 5.15 Å². The Hall–Kier alpha value is -7.67. The van der Waals surface area contributed by atoms with Gasteiger partial charge in [-0.05, 0) is 48.5 Å². The average Bonchev–Trinajstić information content (AvgIpc) is 3.88. The van der Waals surface area contributed by atoms with Gasteiger partial charge in [0.15, 0.2) is 11.6 Å². The van der Waals surface area contributed by atoms with Gasteiger partial charge in [-0.1, -0.05) is 11.6 Å². The Morgan fingerprint density at radius 2 is 1.14 bits per heavy atom. The normalized spacial score (nSPS) is 11.9. The summed E-state index contributed by atoms with van der Waals surface area (Å²) in [6, 6.07) is 10.1. The van der Waals surface area contributed by atoms with Crippen molar-refractivity contribution in [2.45, 2.75) is 12.1 Å². The summed E-state index contributed by atoms with van der Waals surface area (Å²) in [5.74, 6) is -1.71. The van der Waals surface area contributed by atoms with Gasteiger partial charge in [0.1, 0.15) is 58.3 Å². The van der Waals surface area contributed by atoms with Crippen LogP contribution in [-0.4, -0.2) is 86.0 Å². The number of hydrogen-bond acceptors (Lipinski definition) is 16. The van der Waals surface area contributed by atoms with Gasteiger partial charge in [0.2, 0.25) is 11.0 Å². The number of nitrogens with one attached hydrogen (secondary N) is 1. The number of nitrogens with two attached hydrogens (primary N) is 1. The van der Waals surface area contributed by atoms with Crippen LogP contribution in [0.4, 0.5) is 34.8 Å². The van der Waals surface area contributed by atoms with Gasteiger partial charge in [0.05, 0.1) is 71.3 Å². The number of nitro groups is 2. The number of pyridine rings is 4. The van der Waals surface area contributed by atoms with E-state index in [-0.39, 0.29) is 46.8 Å². The monoisotopic (exact) mass is 890 g/mol. The lowest BCUT2D eigenvalue weighted by molar-refractivity contribution is -0.385. The van der Waals surface area contributed by atoms with Crippen molar-refractivity contribution in [3.63, 3.8) is 0 Å². The standard InChI is InChI=1S/C19H15F2N7O3.C11H5ClFN5O2.C8H11FN2O/c1-31-10-14(13-4-2-11(20)6-22-13)25-19-16(28(29)30)8-24-18(26-19)15-7-23-17-5-3-12(21)9-27(15)17;12-10-7(18(19)20)3-15-11(16-10)8-4-14-9-2-1-6(13)5-17(8)9;1-12-5-7(10)8-3-2-6(9)4-11-8/h2-9,14H,10H2,1H3,(H,24,25,26);1-5H;2-4,7H,5,10H2,1H3. The van der Waals surface area contributed by atoms with E-state index in [1.54, 1.807) is 13.2 Å². The van der Waals surface area contributed by atoms with Crippen molar-refractivity contribution in [1.29, 1.82) is 0 Å². The smallest absolute Gasteiger partial charge is 0.329 e. The molecule has 2 atom stereocenters. The molecule has 0 bridgehead atoms. The van der Waals surface area contributed by atoms with E-state index in [1.807, 2.05) is 0 Å². The van der Waals surface area contributed by atoms with Crippen LogP contribution in [0.1, 0.15) is 23.5 Å². The number of nitrogens with zero attached hydrogens (tertiary/aromatic N) is 12. The number of rotatable bonds is 12. The summed E-state index contributed by atoms with van der Waals surface area (Å²) in [7, 11) is 3.01.